The molecule has 3 rings (SSSR count). The summed E-state index contributed by atoms with van der Waals surface area (Å²) in [7, 11) is 0. The highest BCUT2D eigenvalue weighted by Crippen LogP contribution is 2.32. The van der Waals surface area contributed by atoms with Crippen LogP contribution in [0.3, 0.4) is 0 Å². The number of hydrazine groups is 1. The van der Waals surface area contributed by atoms with E-state index in [1.54, 1.807) is 6.07 Å². The summed E-state index contributed by atoms with van der Waals surface area (Å²) < 4.78 is 14.1. The van der Waals surface area contributed by atoms with Gasteiger partial charge in [0.15, 0.2) is 0 Å². The summed E-state index contributed by atoms with van der Waals surface area (Å²) in [5.41, 5.74) is 12.5. The molecule has 3 unspecified atom stereocenters. The first-order valence-corrected chi connectivity index (χ1v) is 7.44. The lowest BCUT2D eigenvalue weighted by Crippen LogP contribution is -2.51. The third kappa shape index (κ3) is 2.66. The number of benzene rings is 1. The van der Waals surface area contributed by atoms with Gasteiger partial charge in [0.25, 0.3) is 0 Å². The highest BCUT2D eigenvalue weighted by molar-refractivity contribution is 5.78. The van der Waals surface area contributed by atoms with Crippen molar-refractivity contribution in [1.82, 2.24) is 15.8 Å². The van der Waals surface area contributed by atoms with E-state index in [1.807, 2.05) is 17.0 Å². The van der Waals surface area contributed by atoms with E-state index in [2.05, 4.69) is 10.9 Å². The molecule has 2 heterocycles. The average molecular weight is 292 g/mol. The van der Waals surface area contributed by atoms with Crippen molar-refractivity contribution >= 4 is 5.91 Å². The topological polar surface area (TPSA) is 70.4 Å². The number of amides is 1. The van der Waals surface area contributed by atoms with Crippen LogP contribution in [-0.2, 0) is 4.79 Å². The van der Waals surface area contributed by atoms with Crippen molar-refractivity contribution in [3.63, 3.8) is 0 Å². The van der Waals surface area contributed by atoms with Crippen LogP contribution in [0.2, 0.25) is 0 Å². The molecular weight excluding hydrogens is 271 g/mol. The molecule has 2 fully saturated rings. The highest BCUT2D eigenvalue weighted by atomic mass is 19.1. The zero-order chi connectivity index (χ0) is 14.8. The molecule has 5 nitrogen and oxygen atoms in total. The van der Waals surface area contributed by atoms with Gasteiger partial charge in [-0.05, 0) is 24.5 Å². The quantitative estimate of drug-likeness (QED) is 0.751. The van der Waals surface area contributed by atoms with Gasteiger partial charge >= 0.3 is 0 Å². The Morgan fingerprint density at radius 3 is 3.00 bits per heavy atom. The second-order valence-corrected chi connectivity index (χ2v) is 5.68. The Hall–Kier alpha value is -1.50. The van der Waals surface area contributed by atoms with Gasteiger partial charge in [-0.2, -0.15) is 0 Å². The van der Waals surface area contributed by atoms with Gasteiger partial charge in [0, 0.05) is 31.1 Å². The molecule has 1 amide bonds. The number of halogens is 1. The van der Waals surface area contributed by atoms with Crippen LogP contribution < -0.4 is 16.6 Å². The normalized spacial score (nSPS) is 29.0. The fourth-order valence-electron chi connectivity index (χ4n) is 3.55. The van der Waals surface area contributed by atoms with Crippen LogP contribution in [0.4, 0.5) is 4.39 Å². The van der Waals surface area contributed by atoms with E-state index in [9.17, 15) is 9.18 Å². The zero-order valence-corrected chi connectivity index (χ0v) is 11.9. The van der Waals surface area contributed by atoms with E-state index < -0.39 is 0 Å². The molecule has 114 valence electrons. The van der Waals surface area contributed by atoms with Gasteiger partial charge in [-0.15, -0.1) is 0 Å². The van der Waals surface area contributed by atoms with Crippen molar-refractivity contribution in [2.75, 3.05) is 19.6 Å². The van der Waals surface area contributed by atoms with Crippen molar-refractivity contribution in [3.8, 4) is 0 Å². The largest absolute Gasteiger partial charge is 0.337 e. The Balaban J connectivity index is 1.84. The number of hydrogen-bond donors (Lipinski definition) is 3. The number of nitrogens with zero attached hydrogens (tertiary/aromatic N) is 1. The molecule has 2 aliphatic rings. The lowest BCUT2D eigenvalue weighted by atomic mass is 9.87. The fourth-order valence-corrected chi connectivity index (χ4v) is 3.55. The lowest BCUT2D eigenvalue weighted by molar-refractivity contribution is -0.131. The summed E-state index contributed by atoms with van der Waals surface area (Å²) in [4.78, 5) is 13.8. The molecule has 6 heteroatoms. The number of nitrogens with one attached hydrogen (secondary N) is 2. The lowest BCUT2D eigenvalue weighted by Gasteiger charge is -2.32. The zero-order valence-electron chi connectivity index (χ0n) is 11.9. The molecular formula is C15H21FN4O. The van der Waals surface area contributed by atoms with E-state index >= 15 is 0 Å². The minimum absolute atomic E-state index is 0.0138. The van der Waals surface area contributed by atoms with Crippen molar-refractivity contribution in [1.29, 1.82) is 0 Å². The van der Waals surface area contributed by atoms with Crippen molar-refractivity contribution in [2.45, 2.75) is 30.8 Å². The third-order valence-corrected chi connectivity index (χ3v) is 4.54. The summed E-state index contributed by atoms with van der Waals surface area (Å²) >= 11 is 0. The Bertz CT molecular complexity index is 524. The Kier molecular flexibility index (Phi) is 4.19. The smallest absolute Gasteiger partial charge is 0.236 e. The molecule has 0 spiro atoms. The van der Waals surface area contributed by atoms with Crippen LogP contribution in [0.25, 0.3) is 0 Å². The number of rotatable bonds is 3. The third-order valence-electron chi connectivity index (χ3n) is 4.54. The maximum absolute atomic E-state index is 14.1. The van der Waals surface area contributed by atoms with Gasteiger partial charge in [-0.25, -0.2) is 4.39 Å². The van der Waals surface area contributed by atoms with E-state index in [1.165, 1.54) is 6.07 Å². The molecule has 3 atom stereocenters. The first kappa shape index (κ1) is 14.4. The Labute approximate surface area is 123 Å². The number of hydrogen-bond acceptors (Lipinski definition) is 4. The molecule has 4 N–H and O–H groups in total. The Morgan fingerprint density at radius 1 is 1.43 bits per heavy atom. The summed E-state index contributed by atoms with van der Waals surface area (Å²) in [5, 5.41) is 0. The molecule has 0 saturated carbocycles. The maximum atomic E-state index is 14.1. The summed E-state index contributed by atoms with van der Waals surface area (Å²) in [6, 6.07) is 6.95. The van der Waals surface area contributed by atoms with E-state index in [0.717, 1.165) is 19.4 Å². The van der Waals surface area contributed by atoms with Crippen LogP contribution in [0.1, 0.15) is 24.3 Å². The molecule has 2 saturated heterocycles. The van der Waals surface area contributed by atoms with Crippen LogP contribution in [0.15, 0.2) is 24.3 Å². The van der Waals surface area contributed by atoms with E-state index in [4.69, 9.17) is 5.73 Å². The number of nitrogens with two attached hydrogens (primary N) is 1. The highest BCUT2D eigenvalue weighted by Gasteiger charge is 2.41. The molecule has 0 radical (unpaired) electrons. The second-order valence-electron chi connectivity index (χ2n) is 5.68. The molecule has 0 aromatic heterocycles. The standard InChI is InChI=1S/C15H21FN4O/c16-12-5-2-1-4-10(12)11-9-18-19-15(11)13-6-3-7-20(13)14(21)8-17/h1-2,4-5,11,13,15,18-19H,3,6-9,17H2. The predicted octanol–water partition coefficient (Wildman–Crippen LogP) is 0.335. The number of carbonyl (C=O) groups excluding carboxylic acids is 1. The number of likely N-dealkylation sites (tertiary alicyclic amines) is 1. The SMILES string of the molecule is NCC(=O)N1CCCC1C1NNCC1c1ccccc1F. The monoisotopic (exact) mass is 292 g/mol. The molecule has 0 bridgehead atoms. The predicted molar refractivity (Wildman–Crippen MR) is 77.9 cm³/mol. The summed E-state index contributed by atoms with van der Waals surface area (Å²) in [6.45, 7) is 1.43. The first-order valence-electron chi connectivity index (χ1n) is 7.44. The van der Waals surface area contributed by atoms with Gasteiger partial charge in [0.1, 0.15) is 5.82 Å². The molecule has 1 aromatic rings. The second kappa shape index (κ2) is 6.09. The molecule has 0 aliphatic carbocycles. The van der Waals surface area contributed by atoms with E-state index in [-0.39, 0.29) is 36.3 Å². The van der Waals surface area contributed by atoms with Crippen molar-refractivity contribution < 1.29 is 9.18 Å². The van der Waals surface area contributed by atoms with Crippen molar-refractivity contribution in [2.24, 2.45) is 5.73 Å². The summed E-state index contributed by atoms with van der Waals surface area (Å²) in [6.07, 6.45) is 1.90. The van der Waals surface area contributed by atoms with Gasteiger partial charge < -0.3 is 10.6 Å². The van der Waals surface area contributed by atoms with Gasteiger partial charge in [-0.1, -0.05) is 18.2 Å². The molecule has 2 aliphatic heterocycles. The minimum atomic E-state index is -0.187. The van der Waals surface area contributed by atoms with E-state index in [0.29, 0.717) is 12.1 Å². The molecule has 21 heavy (non-hydrogen) atoms. The maximum Gasteiger partial charge on any atom is 0.236 e. The minimum Gasteiger partial charge on any atom is -0.337 e. The number of carbonyl (C=O) groups is 1. The van der Waals surface area contributed by atoms with Crippen LogP contribution >= 0.6 is 0 Å². The van der Waals surface area contributed by atoms with Gasteiger partial charge in [0.05, 0.1) is 6.54 Å². The average Bonchev–Trinajstić information content (AvgIpc) is 3.15. The molecule has 1 aromatic carbocycles. The van der Waals surface area contributed by atoms with Gasteiger partial charge in [0.2, 0.25) is 5.91 Å². The van der Waals surface area contributed by atoms with Crippen molar-refractivity contribution in [3.05, 3.63) is 35.6 Å². The summed E-state index contributed by atoms with van der Waals surface area (Å²) in [5.74, 6) is -0.200. The van der Waals surface area contributed by atoms with Crippen LogP contribution in [0, 0.1) is 5.82 Å². The fraction of sp³-hybridized carbons (Fsp3) is 0.533. The van der Waals surface area contributed by atoms with Crippen LogP contribution in [-0.4, -0.2) is 42.5 Å². The van der Waals surface area contributed by atoms with Crippen LogP contribution in [0.5, 0.6) is 0 Å². The van der Waals surface area contributed by atoms with Gasteiger partial charge in [-0.3, -0.25) is 15.6 Å². The first-order chi connectivity index (χ1) is 10.2. The Morgan fingerprint density at radius 2 is 2.24 bits per heavy atom.